The van der Waals surface area contributed by atoms with Crippen molar-refractivity contribution in [3.63, 3.8) is 0 Å². The Kier molecular flexibility index (Phi) is 3.71. The highest BCUT2D eigenvalue weighted by molar-refractivity contribution is 6.29. The van der Waals surface area contributed by atoms with Crippen molar-refractivity contribution in [3.8, 4) is 0 Å². The maximum absolute atomic E-state index is 11.1. The zero-order chi connectivity index (χ0) is 13.3. The van der Waals surface area contributed by atoms with Crippen LogP contribution in [0.25, 0.3) is 0 Å². The van der Waals surface area contributed by atoms with E-state index in [0.29, 0.717) is 16.9 Å². The van der Waals surface area contributed by atoms with E-state index < -0.39 is 0 Å². The van der Waals surface area contributed by atoms with Crippen LogP contribution in [-0.2, 0) is 4.79 Å². The number of anilines is 1. The van der Waals surface area contributed by atoms with Gasteiger partial charge in [0.15, 0.2) is 0 Å². The lowest BCUT2D eigenvalue weighted by Gasteiger charge is -2.26. The molecule has 0 aromatic carbocycles. The van der Waals surface area contributed by atoms with Crippen LogP contribution in [0.1, 0.15) is 38.4 Å². The van der Waals surface area contributed by atoms with Crippen molar-refractivity contribution in [2.45, 2.75) is 38.6 Å². The predicted molar refractivity (Wildman–Crippen MR) is 70.7 cm³/mol. The first-order chi connectivity index (χ1) is 8.47. The number of aromatic nitrogens is 2. The second kappa shape index (κ2) is 5.10. The molecule has 6 heteroatoms. The standard InChI is InChI=1S/C12H17ClN4O/c1-7(2)17(6-10(14)18)11-5-9(13)15-12(16-11)8-3-4-8/h5,7-8H,3-4,6H2,1-2H3,(H2,14,18). The van der Waals surface area contributed by atoms with E-state index in [1.165, 1.54) is 0 Å². The van der Waals surface area contributed by atoms with Crippen molar-refractivity contribution >= 4 is 23.3 Å². The zero-order valence-electron chi connectivity index (χ0n) is 10.6. The van der Waals surface area contributed by atoms with Crippen LogP contribution in [0.4, 0.5) is 5.82 Å². The molecule has 1 aliphatic rings. The predicted octanol–water partition coefficient (Wildman–Crippen LogP) is 1.71. The Balaban J connectivity index is 2.30. The van der Waals surface area contributed by atoms with Gasteiger partial charge in [0.1, 0.15) is 16.8 Å². The molecule has 0 saturated heterocycles. The first-order valence-electron chi connectivity index (χ1n) is 6.07. The largest absolute Gasteiger partial charge is 0.368 e. The summed E-state index contributed by atoms with van der Waals surface area (Å²) in [6, 6.07) is 1.80. The van der Waals surface area contributed by atoms with Crippen LogP contribution < -0.4 is 10.6 Å². The van der Waals surface area contributed by atoms with E-state index in [1.54, 1.807) is 6.07 Å². The molecule has 0 atom stereocenters. The van der Waals surface area contributed by atoms with Gasteiger partial charge in [0.05, 0.1) is 6.54 Å². The lowest BCUT2D eigenvalue weighted by molar-refractivity contribution is -0.116. The van der Waals surface area contributed by atoms with Gasteiger partial charge < -0.3 is 10.6 Å². The van der Waals surface area contributed by atoms with Crippen LogP contribution in [0.5, 0.6) is 0 Å². The van der Waals surface area contributed by atoms with Crippen molar-refractivity contribution in [1.29, 1.82) is 0 Å². The molecule has 0 radical (unpaired) electrons. The van der Waals surface area contributed by atoms with Gasteiger partial charge in [-0.25, -0.2) is 9.97 Å². The van der Waals surface area contributed by atoms with Gasteiger partial charge in [-0.05, 0) is 26.7 Å². The summed E-state index contributed by atoms with van der Waals surface area (Å²) in [6.45, 7) is 4.10. The SMILES string of the molecule is CC(C)N(CC(N)=O)c1cc(Cl)nc(C2CC2)n1. The molecule has 98 valence electrons. The molecular weight excluding hydrogens is 252 g/mol. The highest BCUT2D eigenvalue weighted by Crippen LogP contribution is 2.39. The highest BCUT2D eigenvalue weighted by atomic mass is 35.5. The first kappa shape index (κ1) is 13.1. The van der Waals surface area contributed by atoms with Gasteiger partial charge >= 0.3 is 0 Å². The fourth-order valence-corrected chi connectivity index (χ4v) is 1.97. The number of nitrogens with two attached hydrogens (primary N) is 1. The Morgan fingerprint density at radius 3 is 2.72 bits per heavy atom. The number of hydrogen-bond acceptors (Lipinski definition) is 4. The average molecular weight is 269 g/mol. The lowest BCUT2D eigenvalue weighted by Crippen LogP contribution is -2.39. The second-order valence-corrected chi connectivity index (χ2v) is 5.26. The summed E-state index contributed by atoms with van der Waals surface area (Å²) in [5.41, 5.74) is 5.26. The fraction of sp³-hybridized carbons (Fsp3) is 0.583. The topological polar surface area (TPSA) is 72.1 Å². The fourth-order valence-electron chi connectivity index (χ4n) is 1.79. The van der Waals surface area contributed by atoms with E-state index in [4.69, 9.17) is 17.3 Å². The first-order valence-corrected chi connectivity index (χ1v) is 6.44. The molecule has 0 unspecified atom stereocenters. The third-order valence-electron chi connectivity index (χ3n) is 2.88. The Morgan fingerprint density at radius 1 is 1.56 bits per heavy atom. The summed E-state index contributed by atoms with van der Waals surface area (Å²) in [5.74, 6) is 1.48. The minimum atomic E-state index is -0.383. The van der Waals surface area contributed by atoms with Gasteiger partial charge in [-0.15, -0.1) is 0 Å². The quantitative estimate of drug-likeness (QED) is 0.825. The smallest absolute Gasteiger partial charge is 0.237 e. The van der Waals surface area contributed by atoms with E-state index in [9.17, 15) is 4.79 Å². The number of rotatable bonds is 5. The molecule has 1 aliphatic carbocycles. The van der Waals surface area contributed by atoms with Gasteiger partial charge in [-0.3, -0.25) is 4.79 Å². The maximum atomic E-state index is 11.1. The monoisotopic (exact) mass is 268 g/mol. The van der Waals surface area contributed by atoms with Crippen molar-refractivity contribution in [1.82, 2.24) is 9.97 Å². The molecule has 18 heavy (non-hydrogen) atoms. The summed E-state index contributed by atoms with van der Waals surface area (Å²) in [4.78, 5) is 21.7. The van der Waals surface area contributed by atoms with Gasteiger partial charge in [-0.2, -0.15) is 0 Å². The Bertz CT molecular complexity index is 459. The van der Waals surface area contributed by atoms with E-state index in [1.807, 2.05) is 18.7 Å². The van der Waals surface area contributed by atoms with E-state index in [-0.39, 0.29) is 18.5 Å². The Hall–Kier alpha value is -1.36. The van der Waals surface area contributed by atoms with Crippen molar-refractivity contribution in [3.05, 3.63) is 17.0 Å². The Labute approximate surface area is 111 Å². The van der Waals surface area contributed by atoms with E-state index >= 15 is 0 Å². The number of nitrogens with zero attached hydrogens (tertiary/aromatic N) is 3. The lowest BCUT2D eigenvalue weighted by atomic mass is 10.3. The molecule has 1 fully saturated rings. The number of carbonyl (C=O) groups is 1. The minimum absolute atomic E-state index is 0.121. The zero-order valence-corrected chi connectivity index (χ0v) is 11.3. The molecule has 0 aliphatic heterocycles. The van der Waals surface area contributed by atoms with Crippen LogP contribution in [0, 0.1) is 0 Å². The summed E-state index contributed by atoms with van der Waals surface area (Å²) in [7, 11) is 0. The molecule has 5 nitrogen and oxygen atoms in total. The minimum Gasteiger partial charge on any atom is -0.368 e. The van der Waals surface area contributed by atoms with Crippen LogP contribution in [0.2, 0.25) is 5.15 Å². The van der Waals surface area contributed by atoms with Gasteiger partial charge in [0.25, 0.3) is 0 Å². The number of amides is 1. The Morgan fingerprint density at radius 2 is 2.22 bits per heavy atom. The van der Waals surface area contributed by atoms with Crippen LogP contribution in [0.3, 0.4) is 0 Å². The molecule has 1 aromatic rings. The van der Waals surface area contributed by atoms with Crippen LogP contribution in [0.15, 0.2) is 6.07 Å². The van der Waals surface area contributed by atoms with Crippen molar-refractivity contribution in [2.75, 3.05) is 11.4 Å². The third-order valence-corrected chi connectivity index (χ3v) is 3.08. The molecule has 1 saturated carbocycles. The third kappa shape index (κ3) is 3.10. The van der Waals surface area contributed by atoms with Crippen LogP contribution >= 0.6 is 11.6 Å². The van der Waals surface area contributed by atoms with E-state index in [0.717, 1.165) is 18.7 Å². The molecule has 2 rings (SSSR count). The average Bonchev–Trinajstić information content (AvgIpc) is 3.08. The summed E-state index contributed by atoms with van der Waals surface area (Å²) >= 11 is 6.01. The van der Waals surface area contributed by atoms with E-state index in [2.05, 4.69) is 9.97 Å². The van der Waals surface area contributed by atoms with Gasteiger partial charge in [-0.1, -0.05) is 11.6 Å². The van der Waals surface area contributed by atoms with Gasteiger partial charge in [0.2, 0.25) is 5.91 Å². The molecule has 0 spiro atoms. The number of hydrogen-bond donors (Lipinski definition) is 1. The summed E-state index contributed by atoms with van der Waals surface area (Å²) in [5, 5.41) is 0.414. The number of primary amides is 1. The molecular formula is C12H17ClN4O. The summed E-state index contributed by atoms with van der Waals surface area (Å²) < 4.78 is 0. The molecule has 1 aromatic heterocycles. The van der Waals surface area contributed by atoms with Crippen molar-refractivity contribution in [2.24, 2.45) is 5.73 Å². The molecule has 1 amide bonds. The molecule has 0 bridgehead atoms. The second-order valence-electron chi connectivity index (χ2n) is 4.87. The van der Waals surface area contributed by atoms with Crippen molar-refractivity contribution < 1.29 is 4.79 Å². The number of halogens is 1. The molecule has 1 heterocycles. The normalized spacial score (nSPS) is 14.9. The van der Waals surface area contributed by atoms with Crippen LogP contribution in [-0.4, -0.2) is 28.5 Å². The highest BCUT2D eigenvalue weighted by Gasteiger charge is 2.28. The summed E-state index contributed by atoms with van der Waals surface area (Å²) in [6.07, 6.45) is 2.22. The number of carbonyl (C=O) groups excluding carboxylic acids is 1. The maximum Gasteiger partial charge on any atom is 0.237 e. The molecule has 2 N–H and O–H groups in total. The van der Waals surface area contributed by atoms with Gasteiger partial charge in [0, 0.05) is 18.0 Å².